The van der Waals surface area contributed by atoms with Gasteiger partial charge in [-0.3, -0.25) is 9.79 Å². The van der Waals surface area contributed by atoms with Crippen LogP contribution in [0.25, 0.3) is 0 Å². The molecular formula is C19H23F2IN4O2. The maximum absolute atomic E-state index is 12.5. The Hall–Kier alpha value is -2.43. The van der Waals surface area contributed by atoms with E-state index in [0.717, 1.165) is 5.56 Å². The van der Waals surface area contributed by atoms with Gasteiger partial charge in [0.25, 0.3) is 5.91 Å². The molecule has 6 nitrogen and oxygen atoms in total. The molecule has 0 radical (unpaired) electrons. The minimum atomic E-state index is -2.87. The van der Waals surface area contributed by atoms with Gasteiger partial charge >= 0.3 is 6.61 Å². The molecule has 9 heteroatoms. The Morgan fingerprint density at radius 1 is 1.07 bits per heavy atom. The van der Waals surface area contributed by atoms with E-state index >= 15 is 0 Å². The molecule has 0 heterocycles. The van der Waals surface area contributed by atoms with Gasteiger partial charge in [0.05, 0.1) is 0 Å². The second kappa shape index (κ2) is 12.1. The van der Waals surface area contributed by atoms with Crippen LogP contribution in [0.4, 0.5) is 8.78 Å². The van der Waals surface area contributed by atoms with Gasteiger partial charge in [-0.1, -0.05) is 30.3 Å². The SMILES string of the molecule is CN=C(NCc1ccc(C(=O)NC)cc1)NCc1ccccc1OC(F)F.I. The van der Waals surface area contributed by atoms with Crippen molar-refractivity contribution in [1.29, 1.82) is 0 Å². The average Bonchev–Trinajstić information content (AvgIpc) is 2.68. The van der Waals surface area contributed by atoms with Gasteiger partial charge in [-0.05, 0) is 23.8 Å². The summed E-state index contributed by atoms with van der Waals surface area (Å²) in [7, 11) is 3.20. The molecule has 0 aromatic heterocycles. The van der Waals surface area contributed by atoms with Gasteiger partial charge in [0.15, 0.2) is 5.96 Å². The smallest absolute Gasteiger partial charge is 0.387 e. The number of amides is 1. The standard InChI is InChI=1S/C19H22F2N4O2.HI/c1-22-17(26)14-9-7-13(8-10-14)11-24-19(23-2)25-12-15-5-3-4-6-16(15)27-18(20)21;/h3-10,18H,11-12H2,1-2H3,(H,22,26)(H2,23,24,25);1H. The van der Waals surface area contributed by atoms with Crippen LogP contribution in [-0.2, 0) is 13.1 Å². The molecule has 2 rings (SSSR count). The van der Waals surface area contributed by atoms with E-state index in [2.05, 4.69) is 25.7 Å². The van der Waals surface area contributed by atoms with Crippen LogP contribution in [0.1, 0.15) is 21.5 Å². The number of benzene rings is 2. The summed E-state index contributed by atoms with van der Waals surface area (Å²) in [4.78, 5) is 15.6. The highest BCUT2D eigenvalue weighted by atomic mass is 127. The zero-order valence-electron chi connectivity index (χ0n) is 15.5. The summed E-state index contributed by atoms with van der Waals surface area (Å²) in [6.45, 7) is -2.11. The normalized spacial score (nSPS) is 10.8. The number of rotatable bonds is 7. The Bertz CT molecular complexity index is 786. The fourth-order valence-electron chi connectivity index (χ4n) is 2.36. The monoisotopic (exact) mass is 504 g/mol. The van der Waals surface area contributed by atoms with Crippen LogP contribution < -0.4 is 20.7 Å². The first-order valence-corrected chi connectivity index (χ1v) is 8.31. The van der Waals surface area contributed by atoms with E-state index in [0.29, 0.717) is 23.6 Å². The van der Waals surface area contributed by atoms with Crippen LogP contribution in [0.15, 0.2) is 53.5 Å². The number of carbonyl (C=O) groups excluding carboxylic acids is 1. The maximum Gasteiger partial charge on any atom is 0.387 e. The fraction of sp³-hybridized carbons (Fsp3) is 0.263. The number of ether oxygens (including phenoxy) is 1. The summed E-state index contributed by atoms with van der Waals surface area (Å²) in [5, 5.41) is 8.75. The van der Waals surface area contributed by atoms with Crippen LogP contribution in [0.2, 0.25) is 0 Å². The van der Waals surface area contributed by atoms with Gasteiger partial charge in [0, 0.05) is 38.3 Å². The molecule has 2 aromatic rings. The van der Waals surface area contributed by atoms with Gasteiger partial charge in [-0.15, -0.1) is 24.0 Å². The molecule has 0 aliphatic heterocycles. The number of alkyl halides is 2. The molecular weight excluding hydrogens is 481 g/mol. The maximum atomic E-state index is 12.5. The third-order valence-electron chi connectivity index (χ3n) is 3.76. The summed E-state index contributed by atoms with van der Waals surface area (Å²) in [6.07, 6.45) is 0. The van der Waals surface area contributed by atoms with Gasteiger partial charge in [0.1, 0.15) is 5.75 Å². The van der Waals surface area contributed by atoms with E-state index in [9.17, 15) is 13.6 Å². The van der Waals surface area contributed by atoms with Crippen LogP contribution in [0, 0.1) is 0 Å². The third kappa shape index (κ3) is 7.29. The second-order valence-corrected chi connectivity index (χ2v) is 5.54. The highest BCUT2D eigenvalue weighted by Crippen LogP contribution is 2.19. The number of aliphatic imine (C=N–C) groups is 1. The highest BCUT2D eigenvalue weighted by molar-refractivity contribution is 14.0. The summed E-state index contributed by atoms with van der Waals surface area (Å²) < 4.78 is 29.5. The number of hydrogen-bond acceptors (Lipinski definition) is 3. The lowest BCUT2D eigenvalue weighted by Gasteiger charge is -2.14. The molecule has 152 valence electrons. The lowest BCUT2D eigenvalue weighted by atomic mass is 10.1. The number of hydrogen-bond donors (Lipinski definition) is 3. The number of carbonyl (C=O) groups is 1. The highest BCUT2D eigenvalue weighted by Gasteiger charge is 2.09. The van der Waals surface area contributed by atoms with Gasteiger partial charge in [-0.2, -0.15) is 8.78 Å². The fourth-order valence-corrected chi connectivity index (χ4v) is 2.36. The molecule has 0 aliphatic rings. The van der Waals surface area contributed by atoms with Crippen molar-refractivity contribution < 1.29 is 18.3 Å². The van der Waals surface area contributed by atoms with E-state index in [1.54, 1.807) is 44.4 Å². The Labute approximate surface area is 179 Å². The summed E-state index contributed by atoms with van der Waals surface area (Å²) >= 11 is 0. The molecule has 0 atom stereocenters. The van der Waals surface area contributed by atoms with E-state index in [1.807, 2.05) is 12.1 Å². The Morgan fingerprint density at radius 3 is 2.32 bits per heavy atom. The largest absolute Gasteiger partial charge is 0.434 e. The van der Waals surface area contributed by atoms with Crippen molar-refractivity contribution in [2.45, 2.75) is 19.7 Å². The number of para-hydroxylation sites is 1. The van der Waals surface area contributed by atoms with Crippen molar-refractivity contribution >= 4 is 35.8 Å². The molecule has 28 heavy (non-hydrogen) atoms. The number of nitrogens with one attached hydrogen (secondary N) is 3. The number of guanidine groups is 1. The first-order chi connectivity index (χ1) is 13.0. The number of halogens is 3. The van der Waals surface area contributed by atoms with Crippen molar-refractivity contribution in [3.05, 3.63) is 65.2 Å². The minimum Gasteiger partial charge on any atom is -0.434 e. The molecule has 0 unspecified atom stereocenters. The van der Waals surface area contributed by atoms with Crippen LogP contribution in [-0.4, -0.2) is 32.6 Å². The zero-order valence-corrected chi connectivity index (χ0v) is 17.9. The van der Waals surface area contributed by atoms with Crippen molar-refractivity contribution in [2.24, 2.45) is 4.99 Å². The molecule has 3 N–H and O–H groups in total. The molecule has 0 saturated carbocycles. The first kappa shape index (κ1) is 23.6. The van der Waals surface area contributed by atoms with Gasteiger partial charge < -0.3 is 20.7 Å². The lowest BCUT2D eigenvalue weighted by molar-refractivity contribution is -0.0504. The van der Waals surface area contributed by atoms with E-state index in [4.69, 9.17) is 0 Å². The molecule has 0 bridgehead atoms. The third-order valence-corrected chi connectivity index (χ3v) is 3.76. The summed E-state index contributed by atoms with van der Waals surface area (Å²) in [5.41, 5.74) is 2.14. The van der Waals surface area contributed by atoms with E-state index < -0.39 is 6.61 Å². The van der Waals surface area contributed by atoms with Crippen molar-refractivity contribution in [2.75, 3.05) is 14.1 Å². The van der Waals surface area contributed by atoms with Crippen LogP contribution >= 0.6 is 24.0 Å². The predicted octanol–water partition coefficient (Wildman–Crippen LogP) is 3.13. The first-order valence-electron chi connectivity index (χ1n) is 8.31. The zero-order chi connectivity index (χ0) is 19.6. The predicted molar refractivity (Wildman–Crippen MR) is 115 cm³/mol. The molecule has 0 fully saturated rings. The van der Waals surface area contributed by atoms with Crippen LogP contribution in [0.5, 0.6) is 5.75 Å². The van der Waals surface area contributed by atoms with Crippen molar-refractivity contribution in [1.82, 2.24) is 16.0 Å². The number of nitrogens with zero attached hydrogens (tertiary/aromatic N) is 1. The van der Waals surface area contributed by atoms with Crippen molar-refractivity contribution in [3.63, 3.8) is 0 Å². The van der Waals surface area contributed by atoms with Gasteiger partial charge in [-0.25, -0.2) is 0 Å². The molecule has 0 saturated heterocycles. The minimum absolute atomic E-state index is 0. The molecule has 1 amide bonds. The Morgan fingerprint density at radius 2 is 1.71 bits per heavy atom. The topological polar surface area (TPSA) is 74.8 Å². The average molecular weight is 504 g/mol. The Kier molecular flexibility index (Phi) is 10.2. The molecule has 0 aliphatic carbocycles. The van der Waals surface area contributed by atoms with E-state index in [1.165, 1.54) is 6.07 Å². The molecule has 0 spiro atoms. The van der Waals surface area contributed by atoms with Crippen LogP contribution in [0.3, 0.4) is 0 Å². The Balaban J connectivity index is 0.00000392. The van der Waals surface area contributed by atoms with Crippen molar-refractivity contribution in [3.8, 4) is 5.75 Å². The lowest BCUT2D eigenvalue weighted by Crippen LogP contribution is -2.36. The molecule has 2 aromatic carbocycles. The quantitative estimate of drug-likeness (QED) is 0.308. The second-order valence-electron chi connectivity index (χ2n) is 5.54. The summed E-state index contributed by atoms with van der Waals surface area (Å²) in [6, 6.07) is 13.8. The van der Waals surface area contributed by atoms with E-state index in [-0.39, 0.29) is 42.2 Å². The summed E-state index contributed by atoms with van der Waals surface area (Å²) in [5.74, 6) is 0.495. The van der Waals surface area contributed by atoms with Gasteiger partial charge in [0.2, 0.25) is 0 Å².